The van der Waals surface area contributed by atoms with E-state index in [9.17, 15) is 14.4 Å². The number of benzene rings is 2. The number of ketones is 1. The minimum Gasteiger partial charge on any atom is -0.484 e. The molecule has 0 spiro atoms. The van der Waals surface area contributed by atoms with Gasteiger partial charge in [0.1, 0.15) is 5.75 Å². The van der Waals surface area contributed by atoms with Gasteiger partial charge in [-0.3, -0.25) is 9.59 Å². The number of ether oxygens (including phenoxy) is 1. The smallest absolute Gasteiger partial charge is 0.321 e. The van der Waals surface area contributed by atoms with Crippen molar-refractivity contribution in [1.82, 2.24) is 10.2 Å². The van der Waals surface area contributed by atoms with Crippen LogP contribution in [0, 0.1) is 0 Å². The fourth-order valence-electron chi connectivity index (χ4n) is 3.17. The van der Waals surface area contributed by atoms with Crippen LogP contribution in [0.2, 0.25) is 0 Å². The molecule has 1 heterocycles. The first kappa shape index (κ1) is 20.4. The standard InChI is InChI=1S/C22H25N3O4/c1-16(26)17-6-5-9-20(14-17)29-15-21(27)23-19-10-12-25(13-11-19)22(28)24-18-7-3-2-4-8-18/h2-9,14,19H,10-13,15H2,1H3,(H,23,27)(H,24,28). The van der Waals surface area contributed by atoms with Gasteiger partial charge in [-0.15, -0.1) is 0 Å². The van der Waals surface area contributed by atoms with E-state index in [1.54, 1.807) is 29.2 Å². The Bertz CT molecular complexity index is 861. The van der Waals surface area contributed by atoms with Crippen LogP contribution in [0.5, 0.6) is 5.75 Å². The first-order chi connectivity index (χ1) is 14.0. The predicted molar refractivity (Wildman–Crippen MR) is 110 cm³/mol. The second-order valence-corrected chi connectivity index (χ2v) is 7.00. The van der Waals surface area contributed by atoms with Gasteiger partial charge < -0.3 is 20.3 Å². The van der Waals surface area contributed by atoms with Crippen LogP contribution < -0.4 is 15.4 Å². The largest absolute Gasteiger partial charge is 0.484 e. The third kappa shape index (κ3) is 6.07. The minimum absolute atomic E-state index is 0.00966. The van der Waals surface area contributed by atoms with Crippen LogP contribution in [0.15, 0.2) is 54.6 Å². The molecule has 2 aromatic carbocycles. The summed E-state index contributed by atoms with van der Waals surface area (Å²) < 4.78 is 5.49. The zero-order valence-electron chi connectivity index (χ0n) is 16.4. The van der Waals surface area contributed by atoms with Crippen molar-refractivity contribution in [2.24, 2.45) is 0 Å². The van der Waals surface area contributed by atoms with E-state index < -0.39 is 0 Å². The summed E-state index contributed by atoms with van der Waals surface area (Å²) in [6.45, 7) is 2.52. The molecule has 0 saturated carbocycles. The summed E-state index contributed by atoms with van der Waals surface area (Å²) in [5.74, 6) is 0.216. The summed E-state index contributed by atoms with van der Waals surface area (Å²) in [6.07, 6.45) is 1.38. The fraction of sp³-hybridized carbons (Fsp3) is 0.318. The maximum absolute atomic E-state index is 12.3. The van der Waals surface area contributed by atoms with Crippen LogP contribution in [-0.4, -0.2) is 48.4 Å². The lowest BCUT2D eigenvalue weighted by molar-refractivity contribution is -0.124. The molecular formula is C22H25N3O4. The van der Waals surface area contributed by atoms with E-state index in [-0.39, 0.29) is 30.4 Å². The Labute approximate surface area is 170 Å². The predicted octanol–water partition coefficient (Wildman–Crippen LogP) is 3.08. The van der Waals surface area contributed by atoms with Crippen molar-refractivity contribution in [2.45, 2.75) is 25.8 Å². The number of carbonyl (C=O) groups is 3. The third-order valence-electron chi connectivity index (χ3n) is 4.78. The molecule has 2 aromatic rings. The number of nitrogens with one attached hydrogen (secondary N) is 2. The molecule has 1 fully saturated rings. The highest BCUT2D eigenvalue weighted by molar-refractivity contribution is 5.94. The van der Waals surface area contributed by atoms with Crippen molar-refractivity contribution in [3.63, 3.8) is 0 Å². The zero-order valence-corrected chi connectivity index (χ0v) is 16.4. The summed E-state index contributed by atoms with van der Waals surface area (Å²) >= 11 is 0. The molecule has 0 aromatic heterocycles. The molecule has 1 aliphatic rings. The fourth-order valence-corrected chi connectivity index (χ4v) is 3.17. The number of piperidine rings is 1. The summed E-state index contributed by atoms with van der Waals surface area (Å²) in [7, 11) is 0. The van der Waals surface area contributed by atoms with Crippen LogP contribution >= 0.6 is 0 Å². The highest BCUT2D eigenvalue weighted by Gasteiger charge is 2.24. The quantitative estimate of drug-likeness (QED) is 0.736. The Morgan fingerprint density at radius 3 is 2.45 bits per heavy atom. The molecule has 2 N–H and O–H groups in total. The van der Waals surface area contributed by atoms with Crippen molar-refractivity contribution in [2.75, 3.05) is 25.0 Å². The van der Waals surface area contributed by atoms with Gasteiger partial charge in [0.05, 0.1) is 0 Å². The minimum atomic E-state index is -0.217. The summed E-state index contributed by atoms with van der Waals surface area (Å²) in [4.78, 5) is 37.6. The molecule has 7 heteroatoms. The summed E-state index contributed by atoms with van der Waals surface area (Å²) in [6, 6.07) is 16.0. The molecule has 3 amide bonds. The van der Waals surface area contributed by atoms with Crippen molar-refractivity contribution in [1.29, 1.82) is 0 Å². The number of anilines is 1. The number of hydrogen-bond donors (Lipinski definition) is 2. The van der Waals surface area contributed by atoms with Gasteiger partial charge in [-0.2, -0.15) is 0 Å². The van der Waals surface area contributed by atoms with E-state index >= 15 is 0 Å². The van der Waals surface area contributed by atoms with Crippen LogP contribution in [0.1, 0.15) is 30.1 Å². The summed E-state index contributed by atoms with van der Waals surface area (Å²) in [5.41, 5.74) is 1.31. The maximum atomic E-state index is 12.3. The lowest BCUT2D eigenvalue weighted by Gasteiger charge is -2.32. The second kappa shape index (κ2) is 9.73. The molecule has 7 nitrogen and oxygen atoms in total. The van der Waals surface area contributed by atoms with E-state index in [0.29, 0.717) is 37.2 Å². The highest BCUT2D eigenvalue weighted by atomic mass is 16.5. The van der Waals surface area contributed by atoms with Gasteiger partial charge in [-0.1, -0.05) is 30.3 Å². The number of nitrogens with zero attached hydrogens (tertiary/aromatic N) is 1. The number of urea groups is 1. The van der Waals surface area contributed by atoms with Crippen molar-refractivity contribution >= 4 is 23.4 Å². The van der Waals surface area contributed by atoms with Gasteiger partial charge in [-0.05, 0) is 44.0 Å². The molecule has 0 aliphatic carbocycles. The number of amides is 3. The molecule has 1 saturated heterocycles. The first-order valence-corrected chi connectivity index (χ1v) is 9.65. The van der Waals surface area contributed by atoms with E-state index in [4.69, 9.17) is 4.74 Å². The second-order valence-electron chi connectivity index (χ2n) is 7.00. The van der Waals surface area contributed by atoms with E-state index in [2.05, 4.69) is 10.6 Å². The molecule has 1 aliphatic heterocycles. The molecule has 0 unspecified atom stereocenters. The Kier molecular flexibility index (Phi) is 6.84. The number of rotatable bonds is 6. The Balaban J connectivity index is 1.40. The molecule has 29 heavy (non-hydrogen) atoms. The monoisotopic (exact) mass is 395 g/mol. The summed E-state index contributed by atoms with van der Waals surface area (Å²) in [5, 5.41) is 5.82. The number of Topliss-reactive ketones (excluding diaryl/α,β-unsaturated/α-hetero) is 1. The molecule has 152 valence electrons. The first-order valence-electron chi connectivity index (χ1n) is 9.65. The molecule has 0 radical (unpaired) electrons. The SMILES string of the molecule is CC(=O)c1cccc(OCC(=O)NC2CCN(C(=O)Nc3ccccc3)CC2)c1. The van der Waals surface area contributed by atoms with Gasteiger partial charge in [-0.25, -0.2) is 4.79 Å². The van der Waals surface area contributed by atoms with Crippen LogP contribution in [0.3, 0.4) is 0 Å². The lowest BCUT2D eigenvalue weighted by atomic mass is 10.1. The average molecular weight is 395 g/mol. The van der Waals surface area contributed by atoms with Gasteiger partial charge in [0, 0.05) is 30.4 Å². The van der Waals surface area contributed by atoms with Crippen LogP contribution in [-0.2, 0) is 4.79 Å². The Morgan fingerprint density at radius 2 is 1.76 bits per heavy atom. The van der Waals surface area contributed by atoms with E-state index in [0.717, 1.165) is 5.69 Å². The van der Waals surface area contributed by atoms with Crippen LogP contribution in [0.4, 0.5) is 10.5 Å². The molecular weight excluding hydrogens is 370 g/mol. The van der Waals surface area contributed by atoms with Crippen molar-refractivity contribution in [3.8, 4) is 5.75 Å². The van der Waals surface area contributed by atoms with E-state index in [1.165, 1.54) is 6.92 Å². The normalized spacial score (nSPS) is 14.2. The van der Waals surface area contributed by atoms with Gasteiger partial charge in [0.25, 0.3) is 5.91 Å². The van der Waals surface area contributed by atoms with Gasteiger partial charge in [0.15, 0.2) is 12.4 Å². The lowest BCUT2D eigenvalue weighted by Crippen LogP contribution is -2.48. The number of para-hydroxylation sites is 1. The maximum Gasteiger partial charge on any atom is 0.321 e. The molecule has 0 bridgehead atoms. The van der Waals surface area contributed by atoms with Crippen LogP contribution in [0.25, 0.3) is 0 Å². The zero-order chi connectivity index (χ0) is 20.6. The van der Waals surface area contributed by atoms with Gasteiger partial charge >= 0.3 is 6.03 Å². The number of hydrogen-bond acceptors (Lipinski definition) is 4. The number of likely N-dealkylation sites (tertiary alicyclic amines) is 1. The van der Waals surface area contributed by atoms with E-state index in [1.807, 2.05) is 30.3 Å². The molecule has 3 rings (SSSR count). The molecule has 0 atom stereocenters. The number of carbonyl (C=O) groups excluding carboxylic acids is 3. The highest BCUT2D eigenvalue weighted by Crippen LogP contribution is 2.15. The van der Waals surface area contributed by atoms with Crippen molar-refractivity contribution in [3.05, 3.63) is 60.2 Å². The third-order valence-corrected chi connectivity index (χ3v) is 4.78. The van der Waals surface area contributed by atoms with Gasteiger partial charge in [0.2, 0.25) is 0 Å². The van der Waals surface area contributed by atoms with Crippen molar-refractivity contribution < 1.29 is 19.1 Å². The Morgan fingerprint density at radius 1 is 1.03 bits per heavy atom. The average Bonchev–Trinajstić information content (AvgIpc) is 2.73. The Hall–Kier alpha value is -3.35. The topological polar surface area (TPSA) is 87.7 Å².